The van der Waals surface area contributed by atoms with Crippen molar-refractivity contribution in [3.05, 3.63) is 23.8 Å². The van der Waals surface area contributed by atoms with Gasteiger partial charge in [0.25, 0.3) is 0 Å². The Morgan fingerprint density at radius 2 is 1.74 bits per heavy atom. The van der Waals surface area contributed by atoms with Crippen LogP contribution in [0.25, 0.3) is 0 Å². The highest BCUT2D eigenvalue weighted by atomic mass is 16.7. The Bertz CT molecular complexity index is 416. The van der Waals surface area contributed by atoms with Gasteiger partial charge in [0.1, 0.15) is 13.2 Å². The first-order valence-electron chi connectivity index (χ1n) is 6.64. The van der Waals surface area contributed by atoms with Gasteiger partial charge in [0.2, 0.25) is 5.79 Å². The normalized spacial score (nSPS) is 14.5. The third-order valence-electron chi connectivity index (χ3n) is 3.01. The highest BCUT2D eigenvalue weighted by Gasteiger charge is 2.33. The zero-order valence-electron chi connectivity index (χ0n) is 11.5. The average molecular weight is 267 g/mol. The number of ether oxygens (including phenoxy) is 4. The number of nitrogens with two attached hydrogens (primary N) is 1. The quantitative estimate of drug-likeness (QED) is 0.794. The van der Waals surface area contributed by atoms with Gasteiger partial charge in [0.15, 0.2) is 11.5 Å². The monoisotopic (exact) mass is 267 g/mol. The van der Waals surface area contributed by atoms with Gasteiger partial charge in [-0.15, -0.1) is 0 Å². The summed E-state index contributed by atoms with van der Waals surface area (Å²) >= 11 is 0. The van der Waals surface area contributed by atoms with Gasteiger partial charge in [-0.2, -0.15) is 0 Å². The molecule has 0 atom stereocenters. The molecule has 1 heterocycles. The summed E-state index contributed by atoms with van der Waals surface area (Å²) in [5.41, 5.74) is 6.72. The number of benzene rings is 1. The van der Waals surface area contributed by atoms with Crippen LogP contribution in [0.15, 0.2) is 18.2 Å². The largest absolute Gasteiger partial charge is 0.486 e. The molecule has 0 saturated carbocycles. The SMILES string of the molecule is CCOC(CN)(OCC)c1ccc2c(c1)OCCO2. The number of hydrogen-bond acceptors (Lipinski definition) is 5. The van der Waals surface area contributed by atoms with Gasteiger partial charge in [-0.05, 0) is 32.0 Å². The summed E-state index contributed by atoms with van der Waals surface area (Å²) in [5, 5.41) is 0. The van der Waals surface area contributed by atoms with Crippen molar-refractivity contribution >= 4 is 0 Å². The summed E-state index contributed by atoms with van der Waals surface area (Å²) in [6.45, 7) is 6.25. The van der Waals surface area contributed by atoms with E-state index in [0.717, 1.165) is 11.3 Å². The van der Waals surface area contributed by atoms with Gasteiger partial charge in [-0.3, -0.25) is 0 Å². The van der Waals surface area contributed by atoms with E-state index in [1.807, 2.05) is 32.0 Å². The lowest BCUT2D eigenvalue weighted by atomic mass is 10.0. The molecule has 106 valence electrons. The van der Waals surface area contributed by atoms with E-state index in [1.165, 1.54) is 0 Å². The van der Waals surface area contributed by atoms with E-state index in [-0.39, 0.29) is 6.54 Å². The summed E-state index contributed by atoms with van der Waals surface area (Å²) in [7, 11) is 0. The lowest BCUT2D eigenvalue weighted by Gasteiger charge is -2.33. The Hall–Kier alpha value is -1.30. The van der Waals surface area contributed by atoms with E-state index < -0.39 is 5.79 Å². The molecule has 1 aliphatic heterocycles. The van der Waals surface area contributed by atoms with Gasteiger partial charge in [0, 0.05) is 18.8 Å². The molecule has 1 aliphatic rings. The minimum atomic E-state index is -0.917. The third kappa shape index (κ3) is 2.83. The molecule has 0 unspecified atom stereocenters. The van der Waals surface area contributed by atoms with Gasteiger partial charge in [-0.25, -0.2) is 0 Å². The standard InChI is InChI=1S/C14H21NO4/c1-3-18-14(10-15,19-4-2)11-5-6-12-13(9-11)17-8-7-16-12/h5-6,9H,3-4,7-8,10,15H2,1-2H3. The zero-order chi connectivity index (χ0) is 13.7. The predicted octanol–water partition coefficient (Wildman–Crippen LogP) is 1.64. The molecule has 0 spiro atoms. The molecule has 19 heavy (non-hydrogen) atoms. The second-order valence-corrected chi connectivity index (χ2v) is 4.18. The maximum absolute atomic E-state index is 5.87. The molecule has 5 nitrogen and oxygen atoms in total. The van der Waals surface area contributed by atoms with Gasteiger partial charge in [-0.1, -0.05) is 0 Å². The fourth-order valence-electron chi connectivity index (χ4n) is 2.19. The summed E-state index contributed by atoms with van der Waals surface area (Å²) in [4.78, 5) is 0. The minimum Gasteiger partial charge on any atom is -0.486 e. The van der Waals surface area contributed by atoms with Crippen molar-refractivity contribution in [3.63, 3.8) is 0 Å². The van der Waals surface area contributed by atoms with Crippen molar-refractivity contribution in [2.24, 2.45) is 5.73 Å². The van der Waals surface area contributed by atoms with Crippen LogP contribution in [0.5, 0.6) is 11.5 Å². The molecular formula is C14H21NO4. The number of hydrogen-bond donors (Lipinski definition) is 1. The van der Waals surface area contributed by atoms with E-state index in [9.17, 15) is 0 Å². The second kappa shape index (κ2) is 6.23. The molecule has 0 fully saturated rings. The van der Waals surface area contributed by atoms with Crippen LogP contribution in [0.3, 0.4) is 0 Å². The first-order valence-corrected chi connectivity index (χ1v) is 6.64. The average Bonchev–Trinajstić information content (AvgIpc) is 2.46. The topological polar surface area (TPSA) is 62.9 Å². The molecule has 1 aromatic rings. The van der Waals surface area contributed by atoms with Crippen LogP contribution >= 0.6 is 0 Å². The predicted molar refractivity (Wildman–Crippen MR) is 71.4 cm³/mol. The first-order chi connectivity index (χ1) is 9.25. The van der Waals surface area contributed by atoms with Crippen LogP contribution in [0, 0.1) is 0 Å². The molecule has 1 aromatic carbocycles. The van der Waals surface area contributed by atoms with Crippen LogP contribution < -0.4 is 15.2 Å². The van der Waals surface area contributed by atoms with Gasteiger partial charge >= 0.3 is 0 Å². The first kappa shape index (κ1) is 14.1. The molecule has 2 rings (SSSR count). The molecule has 0 bridgehead atoms. The van der Waals surface area contributed by atoms with Crippen LogP contribution in [0.1, 0.15) is 19.4 Å². The maximum atomic E-state index is 5.87. The Morgan fingerprint density at radius 3 is 2.32 bits per heavy atom. The Labute approximate surface area is 113 Å². The van der Waals surface area contributed by atoms with Gasteiger partial charge in [0.05, 0.1) is 6.54 Å². The smallest absolute Gasteiger partial charge is 0.207 e. The summed E-state index contributed by atoms with van der Waals surface area (Å²) in [6.07, 6.45) is 0. The van der Waals surface area contributed by atoms with Gasteiger partial charge < -0.3 is 24.7 Å². The van der Waals surface area contributed by atoms with Crippen molar-refractivity contribution in [2.45, 2.75) is 19.6 Å². The lowest BCUT2D eigenvalue weighted by molar-refractivity contribution is -0.235. The molecule has 0 aliphatic carbocycles. The van der Waals surface area contributed by atoms with Crippen molar-refractivity contribution in [1.82, 2.24) is 0 Å². The summed E-state index contributed by atoms with van der Waals surface area (Å²) < 4.78 is 22.6. The van der Waals surface area contributed by atoms with Crippen LogP contribution in [-0.4, -0.2) is 33.0 Å². The summed E-state index contributed by atoms with van der Waals surface area (Å²) in [6, 6.07) is 5.66. The fraction of sp³-hybridized carbons (Fsp3) is 0.571. The van der Waals surface area contributed by atoms with Crippen LogP contribution in [0.4, 0.5) is 0 Å². The van der Waals surface area contributed by atoms with Crippen molar-refractivity contribution in [3.8, 4) is 11.5 Å². The van der Waals surface area contributed by atoms with Crippen molar-refractivity contribution in [1.29, 1.82) is 0 Å². The Balaban J connectivity index is 2.35. The number of fused-ring (bicyclic) bond motifs is 1. The van der Waals surface area contributed by atoms with Crippen LogP contribution in [0.2, 0.25) is 0 Å². The summed E-state index contributed by atoms with van der Waals surface area (Å²) in [5.74, 6) is 0.536. The fourth-order valence-corrected chi connectivity index (χ4v) is 2.19. The highest BCUT2D eigenvalue weighted by molar-refractivity contribution is 5.45. The minimum absolute atomic E-state index is 0.244. The maximum Gasteiger partial charge on any atom is 0.207 e. The molecule has 5 heteroatoms. The van der Waals surface area contributed by atoms with E-state index in [2.05, 4.69) is 0 Å². The van der Waals surface area contributed by atoms with E-state index >= 15 is 0 Å². The van der Waals surface area contributed by atoms with E-state index in [0.29, 0.717) is 32.2 Å². The number of rotatable bonds is 6. The van der Waals surface area contributed by atoms with Crippen molar-refractivity contribution in [2.75, 3.05) is 33.0 Å². The molecular weight excluding hydrogens is 246 g/mol. The highest BCUT2D eigenvalue weighted by Crippen LogP contribution is 2.36. The lowest BCUT2D eigenvalue weighted by Crippen LogP contribution is -2.41. The molecule has 0 saturated heterocycles. The molecule has 2 N–H and O–H groups in total. The Kier molecular flexibility index (Phi) is 4.63. The molecule has 0 aromatic heterocycles. The Morgan fingerprint density at radius 1 is 1.11 bits per heavy atom. The van der Waals surface area contributed by atoms with E-state index in [1.54, 1.807) is 0 Å². The zero-order valence-corrected chi connectivity index (χ0v) is 11.5. The molecule has 0 radical (unpaired) electrons. The van der Waals surface area contributed by atoms with Crippen LogP contribution in [-0.2, 0) is 15.3 Å². The van der Waals surface area contributed by atoms with Crippen molar-refractivity contribution < 1.29 is 18.9 Å². The second-order valence-electron chi connectivity index (χ2n) is 4.18. The van der Waals surface area contributed by atoms with E-state index in [4.69, 9.17) is 24.7 Å². The molecule has 0 amide bonds. The third-order valence-corrected chi connectivity index (χ3v) is 3.01.